The van der Waals surface area contributed by atoms with Gasteiger partial charge in [-0.15, -0.1) is 0 Å². The van der Waals surface area contributed by atoms with Gasteiger partial charge in [-0.1, -0.05) is 42.0 Å². The van der Waals surface area contributed by atoms with E-state index < -0.39 is 0 Å². The Morgan fingerprint density at radius 2 is 1.28 bits per heavy atom. The fraction of sp³-hybridized carbons (Fsp3) is 0.0952. The van der Waals surface area contributed by atoms with Crippen LogP contribution in [-0.4, -0.2) is 21.6 Å². The number of carbonyl (C=O) groups is 1. The second-order valence-electron chi connectivity index (χ2n) is 5.35. The summed E-state index contributed by atoms with van der Waals surface area (Å²) in [6.45, 7) is 3.81. The molecule has 0 spiro atoms. The maximum Gasteiger partial charge on any atom is 0.153 e. The molecule has 0 heterocycles. The lowest BCUT2D eigenvalue weighted by Gasteiger charge is -1.96. The lowest BCUT2D eigenvalue weighted by molar-refractivity contribution is 0.112. The van der Waals surface area contributed by atoms with Crippen LogP contribution < -0.4 is 0 Å². The van der Waals surface area contributed by atoms with Crippen molar-refractivity contribution in [3.8, 4) is 17.2 Å². The third-order valence-corrected chi connectivity index (χ3v) is 3.07. The van der Waals surface area contributed by atoms with E-state index in [9.17, 15) is 4.79 Å². The quantitative estimate of drug-likeness (QED) is 0.566. The third-order valence-electron chi connectivity index (χ3n) is 3.07. The van der Waals surface area contributed by atoms with Crippen LogP contribution >= 0.6 is 0 Å². The first-order valence-corrected chi connectivity index (χ1v) is 7.67. The van der Waals surface area contributed by atoms with Crippen LogP contribution in [0.3, 0.4) is 0 Å². The van der Waals surface area contributed by atoms with Gasteiger partial charge < -0.3 is 15.3 Å². The van der Waals surface area contributed by atoms with Crippen LogP contribution in [0.25, 0.3) is 0 Å². The summed E-state index contributed by atoms with van der Waals surface area (Å²) in [6, 6.07) is 20.8. The maximum atomic E-state index is 10.2. The second kappa shape index (κ2) is 10.5. The Morgan fingerprint density at radius 1 is 0.680 bits per heavy atom. The van der Waals surface area contributed by atoms with Gasteiger partial charge in [0.15, 0.2) is 6.29 Å². The van der Waals surface area contributed by atoms with E-state index in [0.29, 0.717) is 23.3 Å². The summed E-state index contributed by atoms with van der Waals surface area (Å²) in [6.07, 6.45) is 0.641. The summed E-state index contributed by atoms with van der Waals surface area (Å²) in [5, 5.41) is 26.4. The average Bonchev–Trinajstić information content (AvgIpc) is 2.59. The Hall–Kier alpha value is -3.27. The number of aryl methyl sites for hydroxylation is 2. The molecule has 0 amide bonds. The second-order valence-corrected chi connectivity index (χ2v) is 5.35. The highest BCUT2D eigenvalue weighted by molar-refractivity contribution is 5.79. The van der Waals surface area contributed by atoms with E-state index in [0.717, 1.165) is 11.1 Å². The molecule has 0 unspecified atom stereocenters. The van der Waals surface area contributed by atoms with Crippen molar-refractivity contribution >= 4 is 6.29 Å². The predicted octanol–water partition coefficient (Wildman–Crippen LogP) is 4.61. The molecule has 0 aliphatic heterocycles. The van der Waals surface area contributed by atoms with Gasteiger partial charge in [0.1, 0.15) is 17.2 Å². The molecule has 3 N–H and O–H groups in total. The summed E-state index contributed by atoms with van der Waals surface area (Å²) in [5.74, 6) is 0.702. The van der Waals surface area contributed by atoms with Crippen LogP contribution in [0.15, 0.2) is 72.8 Å². The van der Waals surface area contributed by atoms with Gasteiger partial charge >= 0.3 is 0 Å². The Morgan fingerprint density at radius 3 is 1.68 bits per heavy atom. The molecule has 0 fully saturated rings. The van der Waals surface area contributed by atoms with Crippen LogP contribution in [0, 0.1) is 13.8 Å². The highest BCUT2D eigenvalue weighted by Gasteiger charge is 1.96. The number of hydrogen-bond acceptors (Lipinski definition) is 4. The lowest BCUT2D eigenvalue weighted by atomic mass is 10.1. The molecule has 4 nitrogen and oxygen atoms in total. The van der Waals surface area contributed by atoms with Crippen molar-refractivity contribution in [2.75, 3.05) is 0 Å². The first kappa shape index (κ1) is 19.8. The van der Waals surface area contributed by atoms with E-state index in [-0.39, 0.29) is 5.75 Å². The van der Waals surface area contributed by atoms with E-state index in [1.165, 1.54) is 6.07 Å². The van der Waals surface area contributed by atoms with Crippen molar-refractivity contribution in [2.24, 2.45) is 0 Å². The molecule has 0 saturated heterocycles. The van der Waals surface area contributed by atoms with Crippen LogP contribution in [0.4, 0.5) is 0 Å². The molecule has 0 radical (unpaired) electrons. The summed E-state index contributed by atoms with van der Waals surface area (Å²) in [7, 11) is 0. The van der Waals surface area contributed by atoms with Crippen LogP contribution in [-0.2, 0) is 0 Å². The molecule has 0 bridgehead atoms. The standard InChI is InChI=1S/C8H8O2.C7H8O.C6H6O/c1-6-2-3-8(10)7(4-6)5-9;1-6-3-2-4-7(8)5-6;7-6-4-2-1-3-5-6/h2-5,10H,1H3;2-5,8H,1H3;1-5,7H. The number of aromatic hydroxyl groups is 3. The molecular formula is C21H22O4. The van der Waals surface area contributed by atoms with Crippen LogP contribution in [0.5, 0.6) is 17.2 Å². The molecule has 0 aromatic heterocycles. The number of aldehydes is 1. The maximum absolute atomic E-state index is 10.2. The van der Waals surface area contributed by atoms with Crippen molar-refractivity contribution in [2.45, 2.75) is 13.8 Å². The highest BCUT2D eigenvalue weighted by atomic mass is 16.3. The zero-order valence-electron chi connectivity index (χ0n) is 14.3. The normalized spacial score (nSPS) is 9.04. The molecular weight excluding hydrogens is 316 g/mol. The Balaban J connectivity index is 0.000000191. The summed E-state index contributed by atoms with van der Waals surface area (Å²) >= 11 is 0. The minimum absolute atomic E-state index is 0.0422. The zero-order chi connectivity index (χ0) is 18.7. The first-order chi connectivity index (χ1) is 11.9. The molecule has 3 aromatic carbocycles. The fourth-order valence-electron chi connectivity index (χ4n) is 1.82. The Labute approximate surface area is 147 Å². The summed E-state index contributed by atoms with van der Waals surface area (Å²) in [4.78, 5) is 10.2. The number of phenols is 3. The Kier molecular flexibility index (Phi) is 8.30. The van der Waals surface area contributed by atoms with E-state index >= 15 is 0 Å². The van der Waals surface area contributed by atoms with Crippen LogP contribution in [0.1, 0.15) is 21.5 Å². The number of benzene rings is 3. The minimum Gasteiger partial charge on any atom is -0.508 e. The van der Waals surface area contributed by atoms with Gasteiger partial charge in [-0.05, 0) is 55.8 Å². The van der Waals surface area contributed by atoms with Crippen molar-refractivity contribution in [3.63, 3.8) is 0 Å². The molecule has 0 atom stereocenters. The van der Waals surface area contributed by atoms with Crippen molar-refractivity contribution in [1.82, 2.24) is 0 Å². The molecule has 0 aliphatic carbocycles. The van der Waals surface area contributed by atoms with Crippen molar-refractivity contribution in [3.05, 3.63) is 89.5 Å². The highest BCUT2D eigenvalue weighted by Crippen LogP contribution is 2.15. The topological polar surface area (TPSA) is 77.8 Å². The molecule has 3 rings (SSSR count). The van der Waals surface area contributed by atoms with Crippen LogP contribution in [0.2, 0.25) is 0 Å². The number of hydrogen-bond donors (Lipinski definition) is 3. The summed E-state index contributed by atoms with van der Waals surface area (Å²) in [5.41, 5.74) is 2.41. The van der Waals surface area contributed by atoms with E-state index in [4.69, 9.17) is 15.3 Å². The summed E-state index contributed by atoms with van der Waals surface area (Å²) < 4.78 is 0. The SMILES string of the molecule is Cc1ccc(O)c(C=O)c1.Cc1cccc(O)c1.Oc1ccccc1. The third kappa shape index (κ3) is 8.23. The van der Waals surface area contributed by atoms with Gasteiger partial charge in [0.25, 0.3) is 0 Å². The predicted molar refractivity (Wildman–Crippen MR) is 99.2 cm³/mol. The van der Waals surface area contributed by atoms with E-state index in [1.807, 2.05) is 32.0 Å². The molecule has 130 valence electrons. The molecule has 0 saturated carbocycles. The monoisotopic (exact) mass is 338 g/mol. The Bertz CT molecular complexity index is 766. The van der Waals surface area contributed by atoms with Gasteiger partial charge in [-0.3, -0.25) is 4.79 Å². The fourth-order valence-corrected chi connectivity index (χ4v) is 1.82. The molecule has 4 heteroatoms. The number of para-hydroxylation sites is 1. The number of carbonyl (C=O) groups excluding carboxylic acids is 1. The number of phenolic OH excluding ortho intramolecular Hbond substituents is 3. The molecule has 0 aliphatic rings. The van der Waals surface area contributed by atoms with Gasteiger partial charge in [0, 0.05) is 0 Å². The molecule has 25 heavy (non-hydrogen) atoms. The molecule has 3 aromatic rings. The zero-order valence-corrected chi connectivity index (χ0v) is 14.3. The van der Waals surface area contributed by atoms with Crippen molar-refractivity contribution < 1.29 is 20.1 Å². The average molecular weight is 338 g/mol. The van der Waals surface area contributed by atoms with Gasteiger partial charge in [0.05, 0.1) is 5.56 Å². The van der Waals surface area contributed by atoms with Gasteiger partial charge in [-0.2, -0.15) is 0 Å². The van der Waals surface area contributed by atoms with E-state index in [2.05, 4.69) is 0 Å². The largest absolute Gasteiger partial charge is 0.508 e. The van der Waals surface area contributed by atoms with Gasteiger partial charge in [-0.25, -0.2) is 0 Å². The van der Waals surface area contributed by atoms with Gasteiger partial charge in [0.2, 0.25) is 0 Å². The van der Waals surface area contributed by atoms with Crippen molar-refractivity contribution in [1.29, 1.82) is 0 Å². The first-order valence-electron chi connectivity index (χ1n) is 7.67. The lowest BCUT2D eigenvalue weighted by Crippen LogP contribution is -1.81. The van der Waals surface area contributed by atoms with E-state index in [1.54, 1.807) is 48.5 Å². The minimum atomic E-state index is 0.0422. The smallest absolute Gasteiger partial charge is 0.153 e. The number of rotatable bonds is 1.